The van der Waals surface area contributed by atoms with Crippen LogP contribution in [0.3, 0.4) is 0 Å². The van der Waals surface area contributed by atoms with Gasteiger partial charge in [0.1, 0.15) is 0 Å². The van der Waals surface area contributed by atoms with Gasteiger partial charge in [0.25, 0.3) is 0 Å². The molecule has 0 aliphatic rings. The van der Waals surface area contributed by atoms with E-state index in [1.54, 1.807) is 0 Å². The molecule has 72 valence electrons. The Kier molecular flexibility index (Phi) is 1.67. The molecule has 0 aliphatic heterocycles. The number of anilines is 1. The van der Waals surface area contributed by atoms with Gasteiger partial charge in [-0.05, 0) is 11.3 Å². The molecular formula is C6H6N6O2. The molecule has 2 rings (SSSR count). The summed E-state index contributed by atoms with van der Waals surface area (Å²) in [6, 6.07) is 0.784. The summed E-state index contributed by atoms with van der Waals surface area (Å²) in [5.74, 6) is 0. The molecule has 0 saturated carbocycles. The molecule has 0 fully saturated rings. The highest BCUT2D eigenvalue weighted by molar-refractivity contribution is 5.96. The SMILES string of the molecule is NC(=O)Nc1ccnc2c1nnn2O. The van der Waals surface area contributed by atoms with E-state index < -0.39 is 6.03 Å². The zero-order chi connectivity index (χ0) is 10.1. The fraction of sp³-hybridized carbons (Fsp3) is 0. The van der Waals surface area contributed by atoms with Crippen LogP contribution >= 0.6 is 0 Å². The molecule has 14 heavy (non-hydrogen) atoms. The lowest BCUT2D eigenvalue weighted by Crippen LogP contribution is -2.19. The first-order valence-corrected chi connectivity index (χ1v) is 3.64. The van der Waals surface area contributed by atoms with Gasteiger partial charge in [-0.15, -0.1) is 5.10 Å². The molecule has 8 heteroatoms. The number of carbonyl (C=O) groups excluding carboxylic acids is 1. The zero-order valence-electron chi connectivity index (χ0n) is 6.88. The highest BCUT2D eigenvalue weighted by Crippen LogP contribution is 2.17. The third-order valence-electron chi connectivity index (χ3n) is 1.58. The average molecular weight is 194 g/mol. The Bertz CT molecular complexity index is 492. The van der Waals surface area contributed by atoms with Gasteiger partial charge in [0.15, 0.2) is 5.52 Å². The quantitative estimate of drug-likeness (QED) is 0.531. The third-order valence-corrected chi connectivity index (χ3v) is 1.58. The summed E-state index contributed by atoms with van der Waals surface area (Å²) in [6.45, 7) is 0. The number of hydrogen-bond donors (Lipinski definition) is 3. The molecule has 2 aromatic heterocycles. The van der Waals surface area contributed by atoms with E-state index in [0.29, 0.717) is 10.5 Å². The molecule has 2 amide bonds. The molecule has 0 spiro atoms. The maximum absolute atomic E-state index is 10.6. The first-order valence-electron chi connectivity index (χ1n) is 3.64. The van der Waals surface area contributed by atoms with E-state index in [1.807, 2.05) is 0 Å². The van der Waals surface area contributed by atoms with E-state index in [2.05, 4.69) is 20.6 Å². The van der Waals surface area contributed by atoms with Crippen LogP contribution in [0.15, 0.2) is 12.3 Å². The van der Waals surface area contributed by atoms with Gasteiger partial charge in [-0.2, -0.15) is 0 Å². The van der Waals surface area contributed by atoms with Gasteiger partial charge in [-0.3, -0.25) is 0 Å². The van der Waals surface area contributed by atoms with Crippen LogP contribution < -0.4 is 11.1 Å². The average Bonchev–Trinajstić information content (AvgIpc) is 2.49. The van der Waals surface area contributed by atoms with Crippen molar-refractivity contribution in [1.82, 2.24) is 20.1 Å². The summed E-state index contributed by atoms with van der Waals surface area (Å²) in [7, 11) is 0. The number of rotatable bonds is 1. The minimum atomic E-state index is -0.718. The van der Waals surface area contributed by atoms with E-state index >= 15 is 0 Å². The Balaban J connectivity index is 2.59. The molecule has 0 saturated heterocycles. The summed E-state index contributed by atoms with van der Waals surface area (Å²) in [4.78, 5) is 14.9. The van der Waals surface area contributed by atoms with Gasteiger partial charge in [0.2, 0.25) is 5.65 Å². The summed E-state index contributed by atoms with van der Waals surface area (Å²) in [5.41, 5.74) is 5.71. The number of aromatic nitrogens is 4. The Labute approximate surface area is 77.3 Å². The molecular weight excluding hydrogens is 188 g/mol. The Morgan fingerprint density at radius 2 is 2.43 bits per heavy atom. The molecule has 4 N–H and O–H groups in total. The molecule has 0 atom stereocenters. The lowest BCUT2D eigenvalue weighted by Gasteiger charge is -1.99. The van der Waals surface area contributed by atoms with E-state index in [0.717, 1.165) is 0 Å². The molecule has 0 unspecified atom stereocenters. The Morgan fingerprint density at radius 1 is 1.64 bits per heavy atom. The minimum absolute atomic E-state index is 0.149. The highest BCUT2D eigenvalue weighted by atomic mass is 16.5. The minimum Gasteiger partial charge on any atom is -0.409 e. The van der Waals surface area contributed by atoms with Crippen molar-refractivity contribution in [3.05, 3.63) is 12.3 Å². The number of nitrogens with two attached hydrogens (primary N) is 1. The predicted octanol–water partition coefficient (Wildman–Crippen LogP) is -0.446. The maximum Gasteiger partial charge on any atom is 0.316 e. The van der Waals surface area contributed by atoms with Crippen LogP contribution in [-0.2, 0) is 0 Å². The second kappa shape index (κ2) is 2.83. The molecule has 8 nitrogen and oxygen atoms in total. The smallest absolute Gasteiger partial charge is 0.316 e. The van der Waals surface area contributed by atoms with Gasteiger partial charge >= 0.3 is 6.03 Å². The first-order chi connectivity index (χ1) is 6.68. The highest BCUT2D eigenvalue weighted by Gasteiger charge is 2.09. The molecule has 2 heterocycles. The lowest BCUT2D eigenvalue weighted by atomic mass is 10.3. The predicted molar refractivity (Wildman–Crippen MR) is 45.7 cm³/mol. The largest absolute Gasteiger partial charge is 0.409 e. The van der Waals surface area contributed by atoms with Crippen LogP contribution in [0.5, 0.6) is 0 Å². The summed E-state index contributed by atoms with van der Waals surface area (Å²) >= 11 is 0. The number of fused-ring (bicyclic) bond motifs is 1. The molecule has 2 aromatic rings. The fourth-order valence-electron chi connectivity index (χ4n) is 1.05. The van der Waals surface area contributed by atoms with Crippen molar-refractivity contribution < 1.29 is 10.0 Å². The standard InChI is InChI=1S/C6H6N6O2/c7-6(13)9-3-1-2-8-5-4(3)10-11-12(5)14/h1-2,14H,(H3,7,8,9,13). The molecule has 0 bridgehead atoms. The third kappa shape index (κ3) is 1.18. The molecule has 0 radical (unpaired) electrons. The fourth-order valence-corrected chi connectivity index (χ4v) is 1.05. The van der Waals surface area contributed by atoms with Gasteiger partial charge in [0, 0.05) is 6.20 Å². The van der Waals surface area contributed by atoms with Crippen LogP contribution in [0.2, 0.25) is 0 Å². The van der Waals surface area contributed by atoms with Crippen molar-refractivity contribution in [2.45, 2.75) is 0 Å². The van der Waals surface area contributed by atoms with Crippen molar-refractivity contribution >= 4 is 22.9 Å². The van der Waals surface area contributed by atoms with Crippen molar-refractivity contribution in [1.29, 1.82) is 0 Å². The number of hydrogen-bond acceptors (Lipinski definition) is 5. The number of carbonyl (C=O) groups is 1. The second-order valence-electron chi connectivity index (χ2n) is 2.50. The number of primary amides is 1. The van der Waals surface area contributed by atoms with Crippen molar-refractivity contribution in [2.75, 3.05) is 5.32 Å². The van der Waals surface area contributed by atoms with Crippen LogP contribution in [0.25, 0.3) is 11.2 Å². The van der Waals surface area contributed by atoms with E-state index in [9.17, 15) is 4.79 Å². The Morgan fingerprint density at radius 3 is 3.14 bits per heavy atom. The molecule has 0 aromatic carbocycles. The van der Waals surface area contributed by atoms with Gasteiger partial charge < -0.3 is 16.3 Å². The summed E-state index contributed by atoms with van der Waals surface area (Å²) < 4.78 is 0. The van der Waals surface area contributed by atoms with Crippen LogP contribution in [-0.4, -0.2) is 31.4 Å². The first kappa shape index (κ1) is 8.23. The van der Waals surface area contributed by atoms with E-state index in [4.69, 9.17) is 10.9 Å². The topological polar surface area (TPSA) is 119 Å². The van der Waals surface area contributed by atoms with Gasteiger partial charge in [0.05, 0.1) is 5.69 Å². The van der Waals surface area contributed by atoms with E-state index in [1.165, 1.54) is 12.3 Å². The monoisotopic (exact) mass is 194 g/mol. The second-order valence-corrected chi connectivity index (χ2v) is 2.50. The summed E-state index contributed by atoms with van der Waals surface area (Å²) in [6.07, 6.45) is 1.39. The zero-order valence-corrected chi connectivity index (χ0v) is 6.88. The maximum atomic E-state index is 10.6. The Hall–Kier alpha value is -2.38. The van der Waals surface area contributed by atoms with Crippen LogP contribution in [0.1, 0.15) is 0 Å². The van der Waals surface area contributed by atoms with Crippen molar-refractivity contribution in [2.24, 2.45) is 5.73 Å². The van der Waals surface area contributed by atoms with Crippen molar-refractivity contribution in [3.8, 4) is 0 Å². The lowest BCUT2D eigenvalue weighted by molar-refractivity contribution is 0.153. The summed E-state index contributed by atoms with van der Waals surface area (Å²) in [5, 5.41) is 18.4. The number of urea groups is 1. The molecule has 0 aliphatic carbocycles. The van der Waals surface area contributed by atoms with E-state index in [-0.39, 0.29) is 11.2 Å². The van der Waals surface area contributed by atoms with Crippen LogP contribution in [0.4, 0.5) is 10.5 Å². The van der Waals surface area contributed by atoms with Gasteiger partial charge in [-0.1, -0.05) is 4.85 Å². The van der Waals surface area contributed by atoms with Crippen LogP contribution in [0, 0.1) is 0 Å². The number of amides is 2. The van der Waals surface area contributed by atoms with Gasteiger partial charge in [-0.25, -0.2) is 9.78 Å². The number of nitrogens with one attached hydrogen (secondary N) is 1. The van der Waals surface area contributed by atoms with Crippen molar-refractivity contribution in [3.63, 3.8) is 0 Å². The number of nitrogens with zero attached hydrogens (tertiary/aromatic N) is 4. The normalized spacial score (nSPS) is 10.3. The number of pyridine rings is 1.